The van der Waals surface area contributed by atoms with Crippen LogP contribution in [0, 0.1) is 0 Å². The summed E-state index contributed by atoms with van der Waals surface area (Å²) in [6.07, 6.45) is -0.0909. The number of fused-ring (bicyclic) bond motifs is 7. The molecule has 2 N–H and O–H groups in total. The first-order valence-electron chi connectivity index (χ1n) is 8.95. The molecule has 3 heterocycles. The van der Waals surface area contributed by atoms with Crippen molar-refractivity contribution in [1.29, 1.82) is 0 Å². The summed E-state index contributed by atoms with van der Waals surface area (Å²) in [6.45, 7) is 0.969. The zero-order valence-corrected chi connectivity index (χ0v) is 15.2. The van der Waals surface area contributed by atoms with Crippen molar-refractivity contribution in [2.75, 3.05) is 27.6 Å². The molecule has 5 rings (SSSR count). The van der Waals surface area contributed by atoms with Crippen molar-refractivity contribution in [2.24, 2.45) is 0 Å². The number of phenolic OH excluding ortho intramolecular Hbond substituents is 1. The highest BCUT2D eigenvalue weighted by molar-refractivity contribution is 5.56. The van der Waals surface area contributed by atoms with Crippen molar-refractivity contribution >= 4 is 0 Å². The van der Waals surface area contributed by atoms with Crippen LogP contribution in [0.5, 0.6) is 23.0 Å². The van der Waals surface area contributed by atoms with Gasteiger partial charge in [-0.15, -0.1) is 0 Å². The zero-order chi connectivity index (χ0) is 18.5. The van der Waals surface area contributed by atoms with Gasteiger partial charge in [-0.1, -0.05) is 6.07 Å². The maximum atomic E-state index is 10.3. The monoisotopic (exact) mass is 371 g/mol. The van der Waals surface area contributed by atoms with E-state index in [9.17, 15) is 5.11 Å². The lowest BCUT2D eigenvalue weighted by atomic mass is 9.87. The summed E-state index contributed by atoms with van der Waals surface area (Å²) in [5.74, 6) is 1.96. The van der Waals surface area contributed by atoms with Crippen molar-refractivity contribution in [3.05, 3.63) is 46.5 Å². The largest absolute Gasteiger partial charge is 0.504 e. The third-order valence-corrected chi connectivity index (χ3v) is 5.47. The van der Waals surface area contributed by atoms with E-state index in [4.69, 9.17) is 23.7 Å². The molecular formula is C20H21NO6. The second-order valence-electron chi connectivity index (χ2n) is 6.83. The number of rotatable bonds is 2. The molecule has 0 aromatic heterocycles. The first-order valence-corrected chi connectivity index (χ1v) is 8.95. The van der Waals surface area contributed by atoms with Crippen LogP contribution in [-0.2, 0) is 15.9 Å². The van der Waals surface area contributed by atoms with Crippen molar-refractivity contribution in [3.8, 4) is 23.0 Å². The molecule has 0 saturated heterocycles. The SMILES string of the molecule is COc1cc2c(cc1O)[C@@H]1O[C@H](OC)c3c(ccc4c3OCO4)[C@H]1NCC2. The lowest BCUT2D eigenvalue weighted by Crippen LogP contribution is -2.34. The van der Waals surface area contributed by atoms with Crippen molar-refractivity contribution in [2.45, 2.75) is 24.9 Å². The van der Waals surface area contributed by atoms with Crippen LogP contribution >= 0.6 is 0 Å². The number of benzene rings is 2. The number of aromatic hydroxyl groups is 1. The number of hydrogen-bond acceptors (Lipinski definition) is 7. The van der Waals surface area contributed by atoms with Gasteiger partial charge in [-0.3, -0.25) is 0 Å². The first kappa shape index (κ1) is 16.7. The molecule has 0 amide bonds. The Bertz CT molecular complexity index is 899. The topological polar surface area (TPSA) is 78.4 Å². The number of hydrogen-bond donors (Lipinski definition) is 2. The summed E-state index contributed by atoms with van der Waals surface area (Å²) in [6, 6.07) is 7.50. The molecule has 2 aromatic carbocycles. The normalized spacial score (nSPS) is 25.2. The van der Waals surface area contributed by atoms with Gasteiger partial charge in [0, 0.05) is 7.11 Å². The highest BCUT2D eigenvalue weighted by Crippen LogP contribution is 2.53. The maximum absolute atomic E-state index is 10.3. The lowest BCUT2D eigenvalue weighted by Gasteiger charge is -2.38. The average molecular weight is 371 g/mol. The van der Waals surface area contributed by atoms with Gasteiger partial charge >= 0.3 is 0 Å². The Kier molecular flexibility index (Phi) is 3.89. The lowest BCUT2D eigenvalue weighted by molar-refractivity contribution is -0.181. The highest BCUT2D eigenvalue weighted by atomic mass is 16.7. The standard InChI is InChI=1S/C20H21NO6/c1-23-15-7-10-5-6-21-17-11-3-4-14-19(26-9-25-14)16(11)20(24-2)27-18(17)12(10)8-13(15)22/h3-4,7-8,17-18,20-22H,5-6,9H2,1-2H3/t17-,18+,20+/m1/s1. The molecule has 0 bridgehead atoms. The predicted octanol–water partition coefficient (Wildman–Crippen LogP) is 2.73. The summed E-state index contributed by atoms with van der Waals surface area (Å²) in [5.41, 5.74) is 3.95. The van der Waals surface area contributed by atoms with Crippen LogP contribution in [0.3, 0.4) is 0 Å². The van der Waals surface area contributed by atoms with E-state index >= 15 is 0 Å². The van der Waals surface area contributed by atoms with E-state index in [1.807, 2.05) is 18.2 Å². The minimum absolute atomic E-state index is 0.0880. The molecule has 0 aliphatic carbocycles. The molecule has 7 heteroatoms. The molecule has 0 spiro atoms. The van der Waals surface area contributed by atoms with Crippen LogP contribution in [0.2, 0.25) is 0 Å². The van der Waals surface area contributed by atoms with Crippen LogP contribution in [0.15, 0.2) is 24.3 Å². The number of methoxy groups -OCH3 is 2. The summed E-state index contributed by atoms with van der Waals surface area (Å²) < 4.78 is 28.5. The minimum Gasteiger partial charge on any atom is -0.504 e. The van der Waals surface area contributed by atoms with E-state index in [2.05, 4.69) is 5.32 Å². The van der Waals surface area contributed by atoms with Gasteiger partial charge in [-0.05, 0) is 47.9 Å². The highest BCUT2D eigenvalue weighted by Gasteiger charge is 2.42. The molecule has 0 saturated carbocycles. The van der Waals surface area contributed by atoms with Gasteiger partial charge < -0.3 is 34.1 Å². The Balaban J connectivity index is 1.66. The maximum Gasteiger partial charge on any atom is 0.231 e. The van der Waals surface area contributed by atoms with E-state index in [0.717, 1.165) is 35.2 Å². The molecule has 142 valence electrons. The molecule has 0 unspecified atom stereocenters. The van der Waals surface area contributed by atoms with Crippen LogP contribution < -0.4 is 19.5 Å². The Labute approximate surface area is 156 Å². The van der Waals surface area contributed by atoms with Crippen LogP contribution in [0.4, 0.5) is 0 Å². The smallest absolute Gasteiger partial charge is 0.231 e. The summed E-state index contributed by atoms with van der Waals surface area (Å²) in [7, 11) is 3.16. The Morgan fingerprint density at radius 2 is 2.04 bits per heavy atom. The Morgan fingerprint density at radius 3 is 2.85 bits per heavy atom. The van der Waals surface area contributed by atoms with Crippen LogP contribution in [0.25, 0.3) is 0 Å². The molecule has 3 aliphatic rings. The summed E-state index contributed by atoms with van der Waals surface area (Å²) >= 11 is 0. The van der Waals surface area contributed by atoms with E-state index in [1.165, 1.54) is 0 Å². The second-order valence-corrected chi connectivity index (χ2v) is 6.83. The summed E-state index contributed by atoms with van der Waals surface area (Å²) in [5, 5.41) is 13.9. The molecule has 2 aromatic rings. The van der Waals surface area contributed by atoms with Gasteiger partial charge in [0.1, 0.15) is 6.10 Å². The third kappa shape index (κ3) is 2.46. The molecule has 3 atom stereocenters. The molecular weight excluding hydrogens is 350 g/mol. The number of ether oxygens (including phenoxy) is 5. The zero-order valence-electron chi connectivity index (χ0n) is 15.2. The quantitative estimate of drug-likeness (QED) is 0.840. The van der Waals surface area contributed by atoms with E-state index in [0.29, 0.717) is 17.2 Å². The molecule has 7 nitrogen and oxygen atoms in total. The Morgan fingerprint density at radius 1 is 1.15 bits per heavy atom. The molecule has 0 radical (unpaired) electrons. The van der Waals surface area contributed by atoms with Crippen LogP contribution in [-0.4, -0.2) is 32.7 Å². The van der Waals surface area contributed by atoms with Crippen molar-refractivity contribution in [1.82, 2.24) is 5.32 Å². The fourth-order valence-electron chi connectivity index (χ4n) is 4.24. The van der Waals surface area contributed by atoms with Gasteiger partial charge in [0.2, 0.25) is 6.79 Å². The molecule has 27 heavy (non-hydrogen) atoms. The van der Waals surface area contributed by atoms with Crippen molar-refractivity contribution < 1.29 is 28.8 Å². The van der Waals surface area contributed by atoms with E-state index in [1.54, 1.807) is 20.3 Å². The van der Waals surface area contributed by atoms with Crippen molar-refractivity contribution in [3.63, 3.8) is 0 Å². The second kappa shape index (κ2) is 6.30. The van der Waals surface area contributed by atoms with Gasteiger partial charge in [0.25, 0.3) is 0 Å². The fraction of sp³-hybridized carbons (Fsp3) is 0.400. The first-order chi connectivity index (χ1) is 13.2. The minimum atomic E-state index is -0.588. The Hall–Kier alpha value is -2.48. The van der Waals surface area contributed by atoms with Crippen LogP contribution in [0.1, 0.15) is 40.7 Å². The molecule has 3 aliphatic heterocycles. The number of nitrogens with one attached hydrogen (secondary N) is 1. The third-order valence-electron chi connectivity index (χ3n) is 5.47. The van der Waals surface area contributed by atoms with E-state index < -0.39 is 6.29 Å². The number of phenols is 1. The fourth-order valence-corrected chi connectivity index (χ4v) is 4.24. The van der Waals surface area contributed by atoms with E-state index in [-0.39, 0.29) is 24.7 Å². The molecule has 0 fully saturated rings. The summed E-state index contributed by atoms with van der Waals surface area (Å²) in [4.78, 5) is 0. The predicted molar refractivity (Wildman–Crippen MR) is 95.2 cm³/mol. The van der Waals surface area contributed by atoms with Gasteiger partial charge in [0.15, 0.2) is 29.3 Å². The van der Waals surface area contributed by atoms with Gasteiger partial charge in [-0.2, -0.15) is 0 Å². The van der Waals surface area contributed by atoms with Gasteiger partial charge in [-0.25, -0.2) is 0 Å². The average Bonchev–Trinajstić information content (AvgIpc) is 3.10. The van der Waals surface area contributed by atoms with Gasteiger partial charge in [0.05, 0.1) is 18.7 Å².